The van der Waals surface area contributed by atoms with Gasteiger partial charge in [-0.15, -0.1) is 24.0 Å². The van der Waals surface area contributed by atoms with Crippen molar-refractivity contribution in [2.24, 2.45) is 0 Å². The average molecular weight is 280 g/mol. The Morgan fingerprint density at radius 3 is 1.82 bits per heavy atom. The van der Waals surface area contributed by atoms with Crippen LogP contribution in [0.25, 0.3) is 0 Å². The molecule has 1 atom stereocenters. The molecule has 0 aromatic carbocycles. The number of hydrogen-bond donors (Lipinski definition) is 0. The van der Waals surface area contributed by atoms with Crippen LogP contribution < -0.4 is 4.90 Å². The van der Waals surface area contributed by atoms with Crippen molar-refractivity contribution in [3.8, 4) is 0 Å². The van der Waals surface area contributed by atoms with Crippen molar-refractivity contribution >= 4 is 29.7 Å². The summed E-state index contributed by atoms with van der Waals surface area (Å²) in [5.74, 6) is 0. The maximum absolute atomic E-state index is 5.73. The van der Waals surface area contributed by atoms with Crippen LogP contribution in [0.2, 0.25) is 0 Å². The summed E-state index contributed by atoms with van der Waals surface area (Å²) < 4.78 is 0. The van der Waals surface area contributed by atoms with Gasteiger partial charge in [-0.2, -0.15) is 0 Å². The summed E-state index contributed by atoms with van der Waals surface area (Å²) in [6, 6.07) is 3.94. The summed E-state index contributed by atoms with van der Waals surface area (Å²) in [6.07, 6.45) is 4.58. The van der Waals surface area contributed by atoms with Crippen molar-refractivity contribution in [2.45, 2.75) is 18.8 Å². The maximum Gasteiger partial charge on any atom is 0.0842 e. The molecule has 0 aliphatic rings. The Morgan fingerprint density at radius 2 is 1.65 bits per heavy atom. The molecule has 100 valence electrons. The average Bonchev–Trinajstić information content (AvgIpc) is 2.29. The van der Waals surface area contributed by atoms with Crippen LogP contribution in [-0.2, 0) is 0 Å². The molecule has 1 aromatic heterocycles. The standard InChI is InChI=1S/C7H10N2.C5H12ClN.ClH/c1-9(2)7-3-5-8-6-4-7;1-4-5(6)7(2)3;/h3-6H,1-2H3;5H,4H2,1-3H3;1H. The van der Waals surface area contributed by atoms with Crippen LogP contribution in [0, 0.1) is 0 Å². The Bertz CT molecular complexity index is 266. The zero-order valence-electron chi connectivity index (χ0n) is 11.2. The molecular weight excluding hydrogens is 257 g/mol. The molecule has 0 saturated carbocycles. The number of pyridine rings is 1. The first-order valence-electron chi connectivity index (χ1n) is 5.36. The minimum absolute atomic E-state index is 0. The van der Waals surface area contributed by atoms with Gasteiger partial charge in [0.25, 0.3) is 0 Å². The molecule has 1 heterocycles. The number of anilines is 1. The molecular formula is C12H23Cl2N3. The van der Waals surface area contributed by atoms with Crippen molar-refractivity contribution in [3.63, 3.8) is 0 Å². The Hall–Kier alpha value is -0.510. The molecule has 1 rings (SSSR count). The third kappa shape index (κ3) is 9.22. The molecule has 0 radical (unpaired) electrons. The quantitative estimate of drug-likeness (QED) is 0.626. The molecule has 0 amide bonds. The number of alkyl halides is 1. The lowest BCUT2D eigenvalue weighted by Crippen LogP contribution is -2.20. The topological polar surface area (TPSA) is 19.4 Å². The molecule has 5 heteroatoms. The highest BCUT2D eigenvalue weighted by atomic mass is 35.5. The van der Waals surface area contributed by atoms with Gasteiger partial charge in [-0.3, -0.25) is 9.88 Å². The third-order valence-electron chi connectivity index (χ3n) is 2.08. The van der Waals surface area contributed by atoms with Gasteiger partial charge in [0, 0.05) is 32.2 Å². The van der Waals surface area contributed by atoms with Gasteiger partial charge in [0.1, 0.15) is 0 Å². The van der Waals surface area contributed by atoms with E-state index in [0.717, 1.165) is 6.42 Å². The highest BCUT2D eigenvalue weighted by Gasteiger charge is 1.99. The molecule has 3 nitrogen and oxygen atoms in total. The number of nitrogens with zero attached hydrogens (tertiary/aromatic N) is 3. The molecule has 17 heavy (non-hydrogen) atoms. The van der Waals surface area contributed by atoms with Crippen molar-refractivity contribution < 1.29 is 0 Å². The van der Waals surface area contributed by atoms with Gasteiger partial charge < -0.3 is 4.90 Å². The van der Waals surface area contributed by atoms with Crippen molar-refractivity contribution in [3.05, 3.63) is 24.5 Å². The second-order valence-electron chi connectivity index (χ2n) is 3.91. The highest BCUT2D eigenvalue weighted by Crippen LogP contribution is 2.05. The number of halogens is 2. The molecule has 1 unspecified atom stereocenters. The minimum Gasteiger partial charge on any atom is -0.378 e. The smallest absolute Gasteiger partial charge is 0.0842 e. The Balaban J connectivity index is 0. The SMILES string of the molecule is CCC(Cl)N(C)C.CN(C)c1ccncc1.Cl. The maximum atomic E-state index is 5.73. The van der Waals surface area contributed by atoms with Gasteiger partial charge in [0.15, 0.2) is 0 Å². The molecule has 0 aliphatic carbocycles. The van der Waals surface area contributed by atoms with E-state index in [9.17, 15) is 0 Å². The fraction of sp³-hybridized carbons (Fsp3) is 0.583. The first kappa shape index (κ1) is 18.8. The van der Waals surface area contributed by atoms with Gasteiger partial charge in [0.05, 0.1) is 5.50 Å². The predicted molar refractivity (Wildman–Crippen MR) is 79.4 cm³/mol. The Kier molecular flexibility index (Phi) is 11.8. The lowest BCUT2D eigenvalue weighted by molar-refractivity contribution is 0.369. The molecule has 0 N–H and O–H groups in total. The van der Waals surface area contributed by atoms with E-state index in [0.29, 0.717) is 0 Å². The molecule has 0 fully saturated rings. The summed E-state index contributed by atoms with van der Waals surface area (Å²) in [7, 11) is 7.97. The van der Waals surface area contributed by atoms with Gasteiger partial charge in [0.2, 0.25) is 0 Å². The normalized spacial score (nSPS) is 11.0. The second-order valence-corrected chi connectivity index (χ2v) is 4.41. The molecule has 1 aromatic rings. The summed E-state index contributed by atoms with van der Waals surface area (Å²) in [6.45, 7) is 2.07. The van der Waals surface area contributed by atoms with Crippen LogP contribution in [0.3, 0.4) is 0 Å². The zero-order chi connectivity index (χ0) is 12.6. The van der Waals surface area contributed by atoms with E-state index < -0.39 is 0 Å². The second kappa shape index (κ2) is 10.6. The summed E-state index contributed by atoms with van der Waals surface area (Å²) in [5, 5.41) is 0. The fourth-order valence-corrected chi connectivity index (χ4v) is 1.01. The van der Waals surface area contributed by atoms with E-state index in [1.54, 1.807) is 12.4 Å². The zero-order valence-corrected chi connectivity index (χ0v) is 12.8. The van der Waals surface area contributed by atoms with E-state index in [1.807, 2.05) is 50.1 Å². The Morgan fingerprint density at radius 1 is 1.18 bits per heavy atom. The molecule has 0 aliphatic heterocycles. The molecule has 0 bridgehead atoms. The summed E-state index contributed by atoms with van der Waals surface area (Å²) in [5.41, 5.74) is 1.39. The molecule has 0 saturated heterocycles. The van der Waals surface area contributed by atoms with E-state index in [-0.39, 0.29) is 17.9 Å². The fourth-order valence-electron chi connectivity index (χ4n) is 1.01. The van der Waals surface area contributed by atoms with Crippen LogP contribution in [0.5, 0.6) is 0 Å². The predicted octanol–water partition coefficient (Wildman–Crippen LogP) is 3.09. The van der Waals surface area contributed by atoms with Crippen molar-refractivity contribution in [1.29, 1.82) is 0 Å². The monoisotopic (exact) mass is 279 g/mol. The van der Waals surface area contributed by atoms with Crippen LogP contribution in [-0.4, -0.2) is 43.6 Å². The summed E-state index contributed by atoms with van der Waals surface area (Å²) in [4.78, 5) is 7.93. The minimum atomic E-state index is 0. The first-order valence-corrected chi connectivity index (χ1v) is 5.80. The van der Waals surface area contributed by atoms with Gasteiger partial charge in [-0.05, 0) is 32.6 Å². The largest absolute Gasteiger partial charge is 0.378 e. The number of rotatable bonds is 3. The van der Waals surface area contributed by atoms with Gasteiger partial charge >= 0.3 is 0 Å². The highest BCUT2D eigenvalue weighted by molar-refractivity contribution is 6.20. The van der Waals surface area contributed by atoms with E-state index >= 15 is 0 Å². The van der Waals surface area contributed by atoms with E-state index in [1.165, 1.54) is 5.69 Å². The van der Waals surface area contributed by atoms with Crippen LogP contribution in [0.15, 0.2) is 24.5 Å². The van der Waals surface area contributed by atoms with Crippen molar-refractivity contribution in [1.82, 2.24) is 9.88 Å². The van der Waals surface area contributed by atoms with E-state index in [2.05, 4.69) is 11.9 Å². The van der Waals surface area contributed by atoms with Crippen molar-refractivity contribution in [2.75, 3.05) is 33.1 Å². The van der Waals surface area contributed by atoms with Gasteiger partial charge in [-0.25, -0.2) is 0 Å². The van der Waals surface area contributed by atoms with Gasteiger partial charge in [-0.1, -0.05) is 6.92 Å². The van der Waals surface area contributed by atoms with Crippen LogP contribution in [0.4, 0.5) is 5.69 Å². The van der Waals surface area contributed by atoms with E-state index in [4.69, 9.17) is 11.6 Å². The van der Waals surface area contributed by atoms with Crippen LogP contribution >= 0.6 is 24.0 Å². The van der Waals surface area contributed by atoms with Crippen LogP contribution in [0.1, 0.15) is 13.3 Å². The number of aromatic nitrogens is 1. The Labute approximate surface area is 116 Å². The lowest BCUT2D eigenvalue weighted by atomic mass is 10.4. The number of hydrogen-bond acceptors (Lipinski definition) is 3. The first-order chi connectivity index (χ1) is 7.49. The third-order valence-corrected chi connectivity index (χ3v) is 2.78. The molecule has 0 spiro atoms. The summed E-state index contributed by atoms with van der Waals surface area (Å²) >= 11 is 5.73. The lowest BCUT2D eigenvalue weighted by Gasteiger charge is -2.13.